The standard InChI is InChI=1S/C25H34N4O2/c1-27-15-6-10-23(27)25(31)28-17-12-22(13-18-28)29-16-5-9-21(19-29)24(30)26-14-11-20-7-3-2-4-8-20/h2-4,6-8,10,15,21-22H,5,9,11-14,16-19H2,1H3,(H,26,30)/t21-/m1/s1. The van der Waals surface area contributed by atoms with Crippen LogP contribution in [0.2, 0.25) is 0 Å². The molecule has 31 heavy (non-hydrogen) atoms. The molecular formula is C25H34N4O2. The van der Waals surface area contributed by atoms with Crippen molar-refractivity contribution in [3.63, 3.8) is 0 Å². The molecule has 2 fully saturated rings. The number of rotatable bonds is 6. The van der Waals surface area contributed by atoms with Gasteiger partial charge in [0.2, 0.25) is 5.91 Å². The summed E-state index contributed by atoms with van der Waals surface area (Å²) in [6.07, 6.45) is 6.80. The molecule has 0 saturated carbocycles. The lowest BCUT2D eigenvalue weighted by atomic mass is 9.93. The van der Waals surface area contributed by atoms with E-state index < -0.39 is 0 Å². The Bertz CT molecular complexity index is 871. The van der Waals surface area contributed by atoms with Crippen molar-refractivity contribution >= 4 is 11.8 Å². The van der Waals surface area contributed by atoms with Crippen molar-refractivity contribution in [3.05, 3.63) is 59.9 Å². The maximum Gasteiger partial charge on any atom is 0.270 e. The first kappa shape index (κ1) is 21.6. The minimum absolute atomic E-state index is 0.0764. The molecule has 4 rings (SSSR count). The van der Waals surface area contributed by atoms with Gasteiger partial charge in [0, 0.05) is 45.5 Å². The summed E-state index contributed by atoms with van der Waals surface area (Å²) in [6.45, 7) is 4.18. The van der Waals surface area contributed by atoms with Gasteiger partial charge in [0.15, 0.2) is 0 Å². The van der Waals surface area contributed by atoms with Crippen molar-refractivity contribution in [2.75, 3.05) is 32.7 Å². The van der Waals surface area contributed by atoms with Crippen molar-refractivity contribution in [2.24, 2.45) is 13.0 Å². The molecular weight excluding hydrogens is 388 g/mol. The maximum absolute atomic E-state index is 12.7. The number of carbonyl (C=O) groups is 2. The highest BCUT2D eigenvalue weighted by Crippen LogP contribution is 2.25. The van der Waals surface area contributed by atoms with Crippen LogP contribution in [0.5, 0.6) is 0 Å². The Morgan fingerprint density at radius 3 is 2.48 bits per heavy atom. The molecule has 1 atom stereocenters. The van der Waals surface area contributed by atoms with Gasteiger partial charge in [-0.3, -0.25) is 14.5 Å². The van der Waals surface area contributed by atoms with E-state index in [0.29, 0.717) is 12.6 Å². The van der Waals surface area contributed by atoms with Crippen molar-refractivity contribution in [1.29, 1.82) is 0 Å². The quantitative estimate of drug-likeness (QED) is 0.779. The molecule has 6 heteroatoms. The number of carbonyl (C=O) groups excluding carboxylic acids is 2. The summed E-state index contributed by atoms with van der Waals surface area (Å²) < 4.78 is 1.89. The summed E-state index contributed by atoms with van der Waals surface area (Å²) >= 11 is 0. The number of hydrogen-bond donors (Lipinski definition) is 1. The van der Waals surface area contributed by atoms with Crippen molar-refractivity contribution in [2.45, 2.75) is 38.1 Å². The van der Waals surface area contributed by atoms with Gasteiger partial charge in [-0.25, -0.2) is 0 Å². The highest BCUT2D eigenvalue weighted by atomic mass is 16.2. The molecule has 2 aliphatic heterocycles. The van der Waals surface area contributed by atoms with Gasteiger partial charge in [0.1, 0.15) is 5.69 Å². The molecule has 0 radical (unpaired) electrons. The molecule has 1 N–H and O–H groups in total. The zero-order chi connectivity index (χ0) is 21.6. The largest absolute Gasteiger partial charge is 0.355 e. The first-order valence-corrected chi connectivity index (χ1v) is 11.6. The lowest BCUT2D eigenvalue weighted by Crippen LogP contribution is -2.51. The molecule has 0 bridgehead atoms. The number of piperidine rings is 2. The Morgan fingerprint density at radius 1 is 1.00 bits per heavy atom. The van der Waals surface area contributed by atoms with E-state index in [2.05, 4.69) is 22.3 Å². The minimum atomic E-state index is 0.0764. The zero-order valence-electron chi connectivity index (χ0n) is 18.5. The van der Waals surface area contributed by atoms with Gasteiger partial charge in [-0.15, -0.1) is 0 Å². The number of aryl methyl sites for hydroxylation is 1. The fourth-order valence-corrected chi connectivity index (χ4v) is 4.95. The van der Waals surface area contributed by atoms with Crippen molar-refractivity contribution in [3.8, 4) is 0 Å². The molecule has 2 saturated heterocycles. The third kappa shape index (κ3) is 5.37. The molecule has 166 valence electrons. The van der Waals surface area contributed by atoms with Crippen molar-refractivity contribution in [1.82, 2.24) is 19.7 Å². The zero-order valence-corrected chi connectivity index (χ0v) is 18.5. The highest BCUT2D eigenvalue weighted by Gasteiger charge is 2.32. The first-order valence-electron chi connectivity index (χ1n) is 11.6. The first-order chi connectivity index (χ1) is 15.1. The number of likely N-dealkylation sites (tertiary alicyclic amines) is 2. The van der Waals surface area contributed by atoms with Crippen LogP contribution in [0, 0.1) is 5.92 Å². The van der Waals surface area contributed by atoms with E-state index in [1.165, 1.54) is 5.56 Å². The van der Waals surface area contributed by atoms with E-state index in [1.54, 1.807) is 0 Å². The van der Waals surface area contributed by atoms with Gasteiger partial charge in [0.25, 0.3) is 5.91 Å². The van der Waals surface area contributed by atoms with E-state index in [1.807, 2.05) is 53.0 Å². The predicted octanol–water partition coefficient (Wildman–Crippen LogP) is 2.70. The van der Waals surface area contributed by atoms with Crippen LogP contribution in [-0.2, 0) is 18.3 Å². The smallest absolute Gasteiger partial charge is 0.270 e. The third-order valence-electron chi connectivity index (χ3n) is 6.81. The fraction of sp³-hybridized carbons (Fsp3) is 0.520. The lowest BCUT2D eigenvalue weighted by Gasteiger charge is -2.42. The monoisotopic (exact) mass is 422 g/mol. The van der Waals surface area contributed by atoms with Crippen LogP contribution in [0.3, 0.4) is 0 Å². The fourth-order valence-electron chi connectivity index (χ4n) is 4.95. The van der Waals surface area contributed by atoms with E-state index in [4.69, 9.17) is 0 Å². The van der Waals surface area contributed by atoms with Crippen LogP contribution >= 0.6 is 0 Å². The number of benzene rings is 1. The summed E-state index contributed by atoms with van der Waals surface area (Å²) in [5.74, 6) is 0.393. The number of nitrogens with zero attached hydrogens (tertiary/aromatic N) is 3. The molecule has 0 unspecified atom stereocenters. The van der Waals surface area contributed by atoms with Crippen LogP contribution in [0.1, 0.15) is 41.7 Å². The van der Waals surface area contributed by atoms with Crippen LogP contribution in [-0.4, -0.2) is 64.9 Å². The Hall–Kier alpha value is -2.60. The predicted molar refractivity (Wildman–Crippen MR) is 122 cm³/mol. The molecule has 1 aromatic carbocycles. The second kappa shape index (κ2) is 10.1. The summed E-state index contributed by atoms with van der Waals surface area (Å²) in [4.78, 5) is 29.9. The maximum atomic E-state index is 12.7. The van der Waals surface area contributed by atoms with Crippen LogP contribution in [0.25, 0.3) is 0 Å². The van der Waals surface area contributed by atoms with Crippen molar-refractivity contribution < 1.29 is 9.59 Å². The van der Waals surface area contributed by atoms with Gasteiger partial charge in [-0.05, 0) is 56.3 Å². The average Bonchev–Trinajstić information content (AvgIpc) is 3.25. The molecule has 2 aliphatic rings. The summed E-state index contributed by atoms with van der Waals surface area (Å²) in [5, 5.41) is 3.15. The minimum Gasteiger partial charge on any atom is -0.355 e. The Morgan fingerprint density at radius 2 is 1.77 bits per heavy atom. The lowest BCUT2D eigenvalue weighted by molar-refractivity contribution is -0.127. The second-order valence-electron chi connectivity index (χ2n) is 8.89. The molecule has 3 heterocycles. The number of amides is 2. The third-order valence-corrected chi connectivity index (χ3v) is 6.81. The van der Waals surface area contributed by atoms with E-state index >= 15 is 0 Å². The molecule has 6 nitrogen and oxygen atoms in total. The summed E-state index contributed by atoms with van der Waals surface area (Å²) in [5.41, 5.74) is 2.01. The Kier molecular flexibility index (Phi) is 7.07. The molecule has 0 aliphatic carbocycles. The topological polar surface area (TPSA) is 57.6 Å². The van der Waals surface area contributed by atoms with Gasteiger partial charge in [0.05, 0.1) is 5.92 Å². The van der Waals surface area contributed by atoms with E-state index in [0.717, 1.165) is 64.0 Å². The molecule has 0 spiro atoms. The summed E-state index contributed by atoms with van der Waals surface area (Å²) in [7, 11) is 1.92. The molecule has 1 aromatic heterocycles. The van der Waals surface area contributed by atoms with Crippen LogP contribution in [0.4, 0.5) is 0 Å². The van der Waals surface area contributed by atoms with Crippen LogP contribution < -0.4 is 5.32 Å². The average molecular weight is 423 g/mol. The van der Waals surface area contributed by atoms with Gasteiger partial charge in [-0.2, -0.15) is 0 Å². The Balaban J connectivity index is 1.23. The Labute approximate surface area is 185 Å². The number of nitrogens with one attached hydrogen (secondary N) is 1. The highest BCUT2D eigenvalue weighted by molar-refractivity contribution is 5.92. The van der Waals surface area contributed by atoms with Gasteiger partial charge >= 0.3 is 0 Å². The normalized spacial score (nSPS) is 20.5. The van der Waals surface area contributed by atoms with Gasteiger partial charge in [-0.1, -0.05) is 30.3 Å². The van der Waals surface area contributed by atoms with E-state index in [9.17, 15) is 9.59 Å². The van der Waals surface area contributed by atoms with Crippen LogP contribution in [0.15, 0.2) is 48.7 Å². The molecule has 2 amide bonds. The number of aromatic nitrogens is 1. The molecule has 2 aromatic rings. The SMILES string of the molecule is Cn1cccc1C(=O)N1CCC(N2CCC[C@@H](C(=O)NCCc3ccccc3)C2)CC1. The van der Waals surface area contributed by atoms with Gasteiger partial charge < -0.3 is 14.8 Å². The summed E-state index contributed by atoms with van der Waals surface area (Å²) in [6, 6.07) is 14.6. The number of hydrogen-bond acceptors (Lipinski definition) is 3. The second-order valence-corrected chi connectivity index (χ2v) is 8.89. The van der Waals surface area contributed by atoms with E-state index in [-0.39, 0.29) is 17.7 Å².